The molecule has 1 atom stereocenters. The molecule has 0 aliphatic rings. The molecule has 0 N–H and O–H groups in total. The van der Waals surface area contributed by atoms with Crippen molar-refractivity contribution in [2.75, 3.05) is 6.61 Å². The zero-order valence-corrected chi connectivity index (χ0v) is 18.9. The van der Waals surface area contributed by atoms with Crippen molar-refractivity contribution in [1.29, 1.82) is 0 Å². The minimum atomic E-state index is -4.52. The fraction of sp³-hybridized carbons (Fsp3) is 0.667. The topological polar surface area (TPSA) is 48.2 Å². The summed E-state index contributed by atoms with van der Waals surface area (Å²) < 4.78 is 51.6. The van der Waals surface area contributed by atoms with Gasteiger partial charge in [0.05, 0.1) is 12.2 Å². The second-order valence-electron chi connectivity index (χ2n) is 8.18. The Morgan fingerprint density at radius 1 is 0.968 bits per heavy atom. The van der Waals surface area contributed by atoms with Gasteiger partial charge in [0.25, 0.3) is 0 Å². The quantitative estimate of drug-likeness (QED) is 0.278. The molecule has 7 heteroatoms. The Kier molecular flexibility index (Phi) is 10.3. The largest absolute Gasteiger partial charge is 0.493 e. The van der Waals surface area contributed by atoms with Gasteiger partial charge in [-0.25, -0.2) is 0 Å². The van der Waals surface area contributed by atoms with Crippen molar-refractivity contribution >= 4 is 0 Å². The van der Waals surface area contributed by atoms with Crippen LogP contribution in [0.5, 0.6) is 5.75 Å². The van der Waals surface area contributed by atoms with E-state index in [1.807, 2.05) is 6.92 Å². The Balaban J connectivity index is 2.01. The van der Waals surface area contributed by atoms with Gasteiger partial charge in [0.1, 0.15) is 5.75 Å². The maximum Gasteiger partial charge on any atom is 0.419 e. The smallest absolute Gasteiger partial charge is 0.419 e. The second-order valence-corrected chi connectivity index (χ2v) is 8.18. The molecule has 2 rings (SSSR count). The van der Waals surface area contributed by atoms with Crippen molar-refractivity contribution in [3.8, 4) is 17.1 Å². The molecule has 4 nitrogen and oxygen atoms in total. The van der Waals surface area contributed by atoms with Crippen LogP contribution in [0, 0.1) is 0 Å². The number of benzene rings is 1. The van der Waals surface area contributed by atoms with Crippen molar-refractivity contribution in [2.45, 2.75) is 97.1 Å². The van der Waals surface area contributed by atoms with Crippen molar-refractivity contribution in [1.82, 2.24) is 10.1 Å². The molecule has 2 aromatic rings. The highest BCUT2D eigenvalue weighted by atomic mass is 19.4. The number of aromatic nitrogens is 2. The normalized spacial score (nSPS) is 12.8. The van der Waals surface area contributed by atoms with Crippen LogP contribution in [0.1, 0.15) is 102 Å². The van der Waals surface area contributed by atoms with Gasteiger partial charge >= 0.3 is 6.18 Å². The van der Waals surface area contributed by atoms with E-state index in [0.29, 0.717) is 5.89 Å². The van der Waals surface area contributed by atoms with Crippen LogP contribution in [0.4, 0.5) is 13.2 Å². The van der Waals surface area contributed by atoms with E-state index >= 15 is 0 Å². The molecule has 0 spiro atoms. The van der Waals surface area contributed by atoms with Gasteiger partial charge in [-0.15, -0.1) is 0 Å². The predicted molar refractivity (Wildman–Crippen MR) is 116 cm³/mol. The Labute approximate surface area is 183 Å². The molecule has 1 heterocycles. The SMILES string of the molecule is CCCCCCCCCOc1ccc(-c2noc([C@@H](C)CCCC)n2)cc1C(F)(F)F. The maximum absolute atomic E-state index is 13.6. The Morgan fingerprint density at radius 2 is 1.65 bits per heavy atom. The number of hydrogen-bond acceptors (Lipinski definition) is 4. The van der Waals surface area contributed by atoms with Crippen molar-refractivity contribution in [3.63, 3.8) is 0 Å². The van der Waals surface area contributed by atoms with Gasteiger partial charge in [-0.2, -0.15) is 18.2 Å². The molecular weight excluding hydrogens is 405 g/mol. The number of hydrogen-bond donors (Lipinski definition) is 0. The molecule has 0 saturated heterocycles. The number of nitrogens with zero attached hydrogens (tertiary/aromatic N) is 2. The van der Waals surface area contributed by atoms with E-state index in [9.17, 15) is 13.2 Å². The molecule has 1 aromatic heterocycles. The molecule has 1 aromatic carbocycles. The van der Waals surface area contributed by atoms with Gasteiger partial charge in [0.15, 0.2) is 0 Å². The first-order valence-corrected chi connectivity index (χ1v) is 11.5. The lowest BCUT2D eigenvalue weighted by atomic mass is 10.0. The van der Waals surface area contributed by atoms with E-state index in [0.717, 1.165) is 44.6 Å². The third kappa shape index (κ3) is 8.19. The van der Waals surface area contributed by atoms with Crippen LogP contribution in [-0.4, -0.2) is 16.7 Å². The zero-order valence-electron chi connectivity index (χ0n) is 18.9. The van der Waals surface area contributed by atoms with E-state index in [4.69, 9.17) is 9.26 Å². The molecule has 0 aliphatic carbocycles. The minimum absolute atomic E-state index is 0.0767. The molecule has 174 valence electrons. The third-order valence-electron chi connectivity index (χ3n) is 5.40. The Morgan fingerprint density at radius 3 is 2.32 bits per heavy atom. The number of halogens is 3. The fourth-order valence-corrected chi connectivity index (χ4v) is 3.44. The Bertz CT molecular complexity index is 774. The first-order chi connectivity index (χ1) is 14.9. The molecule has 0 fully saturated rings. The standard InChI is InChI=1S/C24H35F3N2O2/c1-4-6-8-9-10-11-12-16-30-21-15-14-19(17-20(21)24(25,26)27)22-28-23(31-29-22)18(3)13-7-5-2/h14-15,17-18H,4-13,16H2,1-3H3/t18-/m0/s1. The summed E-state index contributed by atoms with van der Waals surface area (Å²) in [4.78, 5) is 4.32. The minimum Gasteiger partial charge on any atom is -0.493 e. The van der Waals surface area contributed by atoms with E-state index in [2.05, 4.69) is 24.0 Å². The number of alkyl halides is 3. The van der Waals surface area contributed by atoms with E-state index in [-0.39, 0.29) is 29.7 Å². The summed E-state index contributed by atoms with van der Waals surface area (Å²) in [5.41, 5.74) is -0.536. The molecule has 0 aliphatic heterocycles. The third-order valence-corrected chi connectivity index (χ3v) is 5.40. The van der Waals surface area contributed by atoms with Crippen molar-refractivity contribution < 1.29 is 22.4 Å². The van der Waals surface area contributed by atoms with E-state index < -0.39 is 11.7 Å². The summed E-state index contributed by atoms with van der Waals surface area (Å²) in [6.45, 7) is 6.53. The molecule has 0 radical (unpaired) electrons. The molecule has 0 saturated carbocycles. The average Bonchev–Trinajstić information content (AvgIpc) is 3.23. The average molecular weight is 441 g/mol. The highest BCUT2D eigenvalue weighted by Crippen LogP contribution is 2.38. The maximum atomic E-state index is 13.6. The van der Waals surface area contributed by atoms with Crippen LogP contribution >= 0.6 is 0 Å². The molecule has 31 heavy (non-hydrogen) atoms. The lowest BCUT2D eigenvalue weighted by molar-refractivity contribution is -0.138. The summed E-state index contributed by atoms with van der Waals surface area (Å²) in [6.07, 6.45) is 6.07. The summed E-state index contributed by atoms with van der Waals surface area (Å²) in [7, 11) is 0. The highest BCUT2D eigenvalue weighted by Gasteiger charge is 2.35. The van der Waals surface area contributed by atoms with Gasteiger partial charge in [0, 0.05) is 11.5 Å². The second kappa shape index (κ2) is 12.7. The lowest BCUT2D eigenvalue weighted by Gasteiger charge is -2.15. The monoisotopic (exact) mass is 440 g/mol. The highest BCUT2D eigenvalue weighted by molar-refractivity contribution is 5.59. The molecule has 0 bridgehead atoms. The van der Waals surface area contributed by atoms with Crippen LogP contribution < -0.4 is 4.74 Å². The van der Waals surface area contributed by atoms with Crippen molar-refractivity contribution in [2.24, 2.45) is 0 Å². The fourth-order valence-electron chi connectivity index (χ4n) is 3.44. The van der Waals surface area contributed by atoms with Gasteiger partial charge in [0.2, 0.25) is 11.7 Å². The van der Waals surface area contributed by atoms with Crippen molar-refractivity contribution in [3.05, 3.63) is 29.7 Å². The molecular formula is C24H35F3N2O2. The number of ether oxygens (including phenoxy) is 1. The van der Waals surface area contributed by atoms with E-state index in [1.54, 1.807) is 6.07 Å². The zero-order chi connectivity index (χ0) is 22.7. The van der Waals surface area contributed by atoms with E-state index in [1.165, 1.54) is 31.7 Å². The summed E-state index contributed by atoms with van der Waals surface area (Å²) in [5.74, 6) is 0.550. The molecule has 0 unspecified atom stereocenters. The lowest BCUT2D eigenvalue weighted by Crippen LogP contribution is -2.10. The van der Waals surface area contributed by atoms with Gasteiger partial charge in [-0.3, -0.25) is 0 Å². The van der Waals surface area contributed by atoms with Crippen LogP contribution in [0.25, 0.3) is 11.4 Å². The van der Waals surface area contributed by atoms with Crippen LogP contribution in [-0.2, 0) is 6.18 Å². The first-order valence-electron chi connectivity index (χ1n) is 11.5. The van der Waals surface area contributed by atoms with Gasteiger partial charge in [-0.05, 0) is 31.0 Å². The number of unbranched alkanes of at least 4 members (excludes halogenated alkanes) is 7. The summed E-state index contributed by atoms with van der Waals surface area (Å²) in [6, 6.07) is 3.96. The Hall–Kier alpha value is -2.05. The van der Waals surface area contributed by atoms with Crippen LogP contribution in [0.15, 0.2) is 22.7 Å². The van der Waals surface area contributed by atoms with Crippen LogP contribution in [0.3, 0.4) is 0 Å². The molecule has 0 amide bonds. The van der Waals surface area contributed by atoms with Gasteiger partial charge < -0.3 is 9.26 Å². The summed E-state index contributed by atoms with van der Waals surface area (Å²) in [5, 5.41) is 3.89. The predicted octanol–water partition coefficient (Wildman–Crippen LogP) is 8.18. The summed E-state index contributed by atoms with van der Waals surface area (Å²) >= 11 is 0. The van der Waals surface area contributed by atoms with Crippen LogP contribution in [0.2, 0.25) is 0 Å². The first kappa shape index (κ1) is 25.2. The number of rotatable bonds is 14. The van der Waals surface area contributed by atoms with Gasteiger partial charge in [-0.1, -0.05) is 77.3 Å².